The summed E-state index contributed by atoms with van der Waals surface area (Å²) in [5.74, 6) is 0. The lowest BCUT2D eigenvalue weighted by Crippen LogP contribution is -3.00. The van der Waals surface area contributed by atoms with Gasteiger partial charge in [-0.05, 0) is 62.5 Å². The average molecular weight is 380 g/mol. The largest absolute Gasteiger partial charge is 1.00 e. The van der Waals surface area contributed by atoms with Crippen LogP contribution in [0.5, 0.6) is 0 Å². The number of unbranched alkanes of at least 4 members (excludes halogenated alkanes) is 5. The lowest BCUT2D eigenvalue weighted by atomic mass is 9.92. The number of hydrogen-bond donors (Lipinski definition) is 1. The third-order valence-corrected chi connectivity index (χ3v) is 5.62. The lowest BCUT2D eigenvalue weighted by Gasteiger charge is -2.26. The number of rotatable bonds is 7. The fourth-order valence-corrected chi connectivity index (χ4v) is 4.42. The zero-order valence-corrected chi connectivity index (χ0v) is 16.3. The van der Waals surface area contributed by atoms with Crippen molar-refractivity contribution in [2.75, 3.05) is 0 Å². The zero-order valence-electron chi connectivity index (χ0n) is 14.7. The van der Waals surface area contributed by atoms with Crippen molar-refractivity contribution < 1.29 is 17.0 Å². The summed E-state index contributed by atoms with van der Waals surface area (Å²) in [6.45, 7) is 3.49. The molecule has 0 aliphatic heterocycles. The summed E-state index contributed by atoms with van der Waals surface area (Å²) in [5.41, 5.74) is 5.86. The van der Waals surface area contributed by atoms with Crippen LogP contribution in [0.2, 0.25) is 0 Å². The third-order valence-electron chi connectivity index (χ3n) is 5.62. The minimum atomic E-state index is 0. The topological polar surface area (TPSA) is 28.8 Å². The molecule has 0 aromatic carbocycles. The van der Waals surface area contributed by atoms with Gasteiger partial charge in [-0.15, -0.1) is 0 Å². The molecule has 1 aromatic heterocycles. The molecule has 1 heterocycles. The first-order valence-electron chi connectivity index (χ1n) is 9.63. The molecule has 2 aliphatic rings. The molecule has 130 valence electrons. The van der Waals surface area contributed by atoms with Crippen LogP contribution >= 0.6 is 0 Å². The Bertz CT molecular complexity index is 574. The normalized spacial score (nSPS) is 15.9. The second kappa shape index (κ2) is 9.05. The summed E-state index contributed by atoms with van der Waals surface area (Å²) in [4.78, 5) is 0. The third kappa shape index (κ3) is 4.10. The standard InChI is InChI=1S/C20H32N2.BrH/c1-2-3-4-5-6-9-15-22-18-13-8-7-11-16(18)20(21)17-12-10-14-19(17)22;/h21H,2-15H2,1H3;1H/p-1. The Labute approximate surface area is 152 Å². The van der Waals surface area contributed by atoms with Crippen LogP contribution in [0, 0.1) is 5.41 Å². The van der Waals surface area contributed by atoms with Crippen molar-refractivity contribution in [2.45, 2.75) is 96.9 Å². The molecule has 0 saturated carbocycles. The number of nitrogens with one attached hydrogen (secondary N) is 1. The fourth-order valence-electron chi connectivity index (χ4n) is 4.42. The van der Waals surface area contributed by atoms with Crippen LogP contribution in [0.4, 0.5) is 0 Å². The van der Waals surface area contributed by atoms with Gasteiger partial charge < -0.3 is 27.0 Å². The van der Waals surface area contributed by atoms with E-state index in [0.717, 1.165) is 18.2 Å². The molecule has 0 spiro atoms. The van der Waals surface area contributed by atoms with Gasteiger partial charge in [-0.3, -0.25) is 0 Å². The molecule has 0 amide bonds. The Kier molecular flexibility index (Phi) is 7.39. The summed E-state index contributed by atoms with van der Waals surface area (Å²) in [7, 11) is 0. The van der Waals surface area contributed by atoms with E-state index in [1.807, 2.05) is 0 Å². The monoisotopic (exact) mass is 379 g/mol. The van der Waals surface area contributed by atoms with Gasteiger partial charge in [0.15, 0.2) is 0 Å². The smallest absolute Gasteiger partial charge is 0.0638 e. The van der Waals surface area contributed by atoms with E-state index in [1.54, 1.807) is 0 Å². The lowest BCUT2D eigenvalue weighted by molar-refractivity contribution is -0.00000494. The van der Waals surface area contributed by atoms with Crippen LogP contribution in [-0.4, -0.2) is 4.57 Å². The minimum absolute atomic E-state index is 0. The van der Waals surface area contributed by atoms with E-state index in [2.05, 4.69) is 11.5 Å². The van der Waals surface area contributed by atoms with E-state index < -0.39 is 0 Å². The van der Waals surface area contributed by atoms with Crippen molar-refractivity contribution in [3.63, 3.8) is 0 Å². The van der Waals surface area contributed by atoms with Crippen LogP contribution in [0.1, 0.15) is 87.2 Å². The molecule has 3 heteroatoms. The van der Waals surface area contributed by atoms with Crippen molar-refractivity contribution in [2.24, 2.45) is 0 Å². The Morgan fingerprint density at radius 2 is 1.35 bits per heavy atom. The van der Waals surface area contributed by atoms with Gasteiger partial charge in [-0.1, -0.05) is 39.0 Å². The maximum absolute atomic E-state index is 8.58. The molecule has 0 atom stereocenters. The van der Waals surface area contributed by atoms with Crippen LogP contribution in [0.25, 0.3) is 0 Å². The number of halogens is 1. The number of hydrogen-bond acceptors (Lipinski definition) is 1. The number of aromatic nitrogens is 1. The predicted molar refractivity (Wildman–Crippen MR) is 92.3 cm³/mol. The maximum atomic E-state index is 8.58. The molecule has 1 N–H and O–H groups in total. The molecular weight excluding hydrogens is 348 g/mol. The molecule has 0 radical (unpaired) electrons. The second-order valence-corrected chi connectivity index (χ2v) is 7.21. The van der Waals surface area contributed by atoms with Gasteiger partial charge in [0, 0.05) is 17.9 Å². The molecule has 2 aliphatic carbocycles. The highest BCUT2D eigenvalue weighted by atomic mass is 79.9. The highest BCUT2D eigenvalue weighted by Crippen LogP contribution is 2.27. The molecule has 0 saturated heterocycles. The first-order chi connectivity index (χ1) is 10.8. The van der Waals surface area contributed by atoms with Crippen molar-refractivity contribution in [3.05, 3.63) is 27.9 Å². The maximum Gasteiger partial charge on any atom is 0.0638 e. The van der Waals surface area contributed by atoms with Crippen molar-refractivity contribution >= 4 is 0 Å². The summed E-state index contributed by atoms with van der Waals surface area (Å²) in [6.07, 6.45) is 16.8. The molecule has 0 fully saturated rings. The average Bonchev–Trinajstić information content (AvgIpc) is 3.03. The summed E-state index contributed by atoms with van der Waals surface area (Å²) >= 11 is 0. The van der Waals surface area contributed by atoms with Crippen molar-refractivity contribution in [3.8, 4) is 0 Å². The molecule has 1 aromatic rings. The van der Waals surface area contributed by atoms with Gasteiger partial charge in [-0.2, -0.15) is 0 Å². The predicted octanol–water partition coefficient (Wildman–Crippen LogP) is 1.70. The van der Waals surface area contributed by atoms with Gasteiger partial charge in [0.25, 0.3) is 0 Å². The number of nitrogens with zero attached hydrogens (tertiary/aromatic N) is 1. The van der Waals surface area contributed by atoms with Gasteiger partial charge in [0.2, 0.25) is 0 Å². The second-order valence-electron chi connectivity index (χ2n) is 7.21. The van der Waals surface area contributed by atoms with Crippen LogP contribution in [-0.2, 0) is 32.2 Å². The Hall–Kier alpha value is -0.570. The van der Waals surface area contributed by atoms with Crippen LogP contribution in [0.3, 0.4) is 0 Å². The molecule has 3 rings (SSSR count). The highest BCUT2D eigenvalue weighted by Gasteiger charge is 2.23. The zero-order chi connectivity index (χ0) is 15.4. The van der Waals surface area contributed by atoms with Gasteiger partial charge >= 0.3 is 0 Å². The molecule has 0 unspecified atom stereocenters. The Morgan fingerprint density at radius 1 is 0.783 bits per heavy atom. The van der Waals surface area contributed by atoms with Gasteiger partial charge in [-0.25, -0.2) is 0 Å². The SMILES string of the molecule is CCCCCCCCn1c2c(c(=N)c3c1CCC3)CCCC2.[Br-]. The van der Waals surface area contributed by atoms with E-state index in [9.17, 15) is 0 Å². The van der Waals surface area contributed by atoms with E-state index in [4.69, 9.17) is 5.41 Å². The van der Waals surface area contributed by atoms with Gasteiger partial charge in [0.1, 0.15) is 0 Å². The minimum Gasteiger partial charge on any atom is -1.00 e. The van der Waals surface area contributed by atoms with E-state index in [-0.39, 0.29) is 17.0 Å². The van der Waals surface area contributed by atoms with Crippen molar-refractivity contribution in [1.29, 1.82) is 5.41 Å². The first-order valence-corrected chi connectivity index (χ1v) is 9.63. The Balaban J connectivity index is 0.00000192. The van der Waals surface area contributed by atoms with Gasteiger partial charge in [0.05, 0.1) is 5.36 Å². The van der Waals surface area contributed by atoms with Crippen LogP contribution < -0.4 is 22.3 Å². The van der Waals surface area contributed by atoms with E-state index >= 15 is 0 Å². The fraction of sp³-hybridized carbons (Fsp3) is 0.750. The molecule has 0 bridgehead atoms. The first kappa shape index (κ1) is 18.8. The number of fused-ring (bicyclic) bond motifs is 2. The summed E-state index contributed by atoms with van der Waals surface area (Å²) < 4.78 is 2.66. The van der Waals surface area contributed by atoms with Crippen molar-refractivity contribution in [1.82, 2.24) is 4.57 Å². The number of pyridine rings is 1. The van der Waals surface area contributed by atoms with Crippen LogP contribution in [0.15, 0.2) is 0 Å². The quantitative estimate of drug-likeness (QED) is 0.698. The Morgan fingerprint density at radius 3 is 2.09 bits per heavy atom. The van der Waals surface area contributed by atoms with E-state index in [0.29, 0.717) is 0 Å². The molecular formula is C20H32BrN2-. The molecule has 2 nitrogen and oxygen atoms in total. The summed E-state index contributed by atoms with van der Waals surface area (Å²) in [5, 5.41) is 9.50. The molecule has 23 heavy (non-hydrogen) atoms. The summed E-state index contributed by atoms with van der Waals surface area (Å²) in [6, 6.07) is 0. The van der Waals surface area contributed by atoms with E-state index in [1.165, 1.54) is 99.7 Å². The highest BCUT2D eigenvalue weighted by molar-refractivity contribution is 5.35.